The Balaban J connectivity index is 1.34. The van der Waals surface area contributed by atoms with E-state index in [1.54, 1.807) is 12.1 Å². The van der Waals surface area contributed by atoms with E-state index < -0.39 is 0 Å². The van der Waals surface area contributed by atoms with Crippen LogP contribution in [-0.4, -0.2) is 35.5 Å². The van der Waals surface area contributed by atoms with Crippen LogP contribution in [0.15, 0.2) is 54.6 Å². The number of hydrogen-bond acceptors (Lipinski definition) is 2. The molecule has 2 unspecified atom stereocenters. The molecule has 0 saturated carbocycles. The van der Waals surface area contributed by atoms with Gasteiger partial charge in [0, 0.05) is 24.7 Å². The van der Waals surface area contributed by atoms with Crippen LogP contribution in [0, 0.1) is 0 Å². The zero-order valence-corrected chi connectivity index (χ0v) is 15.7. The van der Waals surface area contributed by atoms with Gasteiger partial charge in [0.2, 0.25) is 0 Å². The molecule has 2 atom stereocenters. The van der Waals surface area contributed by atoms with Crippen LogP contribution in [0.5, 0.6) is 0 Å². The Morgan fingerprint density at radius 3 is 2.35 bits per heavy atom. The molecule has 0 spiro atoms. The number of halogens is 1. The first kappa shape index (κ1) is 17.6. The van der Waals surface area contributed by atoms with Gasteiger partial charge in [-0.15, -0.1) is 0 Å². The molecule has 3 nitrogen and oxygen atoms in total. The first-order chi connectivity index (χ1) is 12.7. The molecule has 2 heterocycles. The highest BCUT2D eigenvalue weighted by molar-refractivity contribution is 6.33. The van der Waals surface area contributed by atoms with Crippen molar-refractivity contribution in [3.63, 3.8) is 0 Å². The molecule has 2 saturated heterocycles. The molecule has 2 aliphatic rings. The summed E-state index contributed by atoms with van der Waals surface area (Å²) in [7, 11) is 0. The number of nitrogens with one attached hydrogen (secondary N) is 1. The molecule has 26 heavy (non-hydrogen) atoms. The van der Waals surface area contributed by atoms with Crippen LogP contribution in [0.2, 0.25) is 5.02 Å². The Hall–Kier alpha value is -1.84. The number of nitrogens with zero attached hydrogens (tertiary/aromatic N) is 1. The molecule has 1 amide bonds. The second-order valence-corrected chi connectivity index (χ2v) is 7.89. The third-order valence-electron chi connectivity index (χ3n) is 5.84. The quantitative estimate of drug-likeness (QED) is 0.852. The van der Waals surface area contributed by atoms with Crippen molar-refractivity contribution in [3.05, 3.63) is 70.7 Å². The van der Waals surface area contributed by atoms with Crippen LogP contribution in [0.3, 0.4) is 0 Å². The van der Waals surface area contributed by atoms with Crippen LogP contribution in [-0.2, 0) is 6.42 Å². The maximum atomic E-state index is 12.6. The lowest BCUT2D eigenvalue weighted by molar-refractivity contribution is 0.0848. The van der Waals surface area contributed by atoms with Crippen LogP contribution in [0.4, 0.5) is 0 Å². The zero-order valence-electron chi connectivity index (χ0n) is 14.9. The smallest absolute Gasteiger partial charge is 0.253 e. The number of amides is 1. The van der Waals surface area contributed by atoms with Crippen molar-refractivity contribution in [2.45, 2.75) is 50.2 Å². The van der Waals surface area contributed by atoms with E-state index in [9.17, 15) is 4.79 Å². The Morgan fingerprint density at radius 1 is 1.00 bits per heavy atom. The minimum Gasteiger partial charge on any atom is -0.349 e. The lowest BCUT2D eigenvalue weighted by Crippen LogP contribution is -2.50. The van der Waals surface area contributed by atoms with E-state index in [1.807, 2.05) is 12.1 Å². The molecule has 2 fully saturated rings. The Labute approximate surface area is 160 Å². The average molecular weight is 369 g/mol. The summed E-state index contributed by atoms with van der Waals surface area (Å²) in [6, 6.07) is 19.4. The van der Waals surface area contributed by atoms with E-state index in [4.69, 9.17) is 11.6 Å². The summed E-state index contributed by atoms with van der Waals surface area (Å²) in [6.45, 7) is 1.12. The first-order valence-electron chi connectivity index (χ1n) is 9.56. The van der Waals surface area contributed by atoms with Gasteiger partial charge in [-0.2, -0.15) is 0 Å². The highest BCUT2D eigenvalue weighted by Crippen LogP contribution is 2.36. The molecule has 2 bridgehead atoms. The summed E-state index contributed by atoms with van der Waals surface area (Å²) in [6.07, 6.45) is 5.68. The Bertz CT molecular complexity index is 750. The number of carbonyl (C=O) groups is 1. The van der Waals surface area contributed by atoms with Crippen molar-refractivity contribution < 1.29 is 4.79 Å². The standard InChI is InChI=1S/C22H25ClN2O/c23-21-9-5-4-8-20(21)22(26)24-17-14-18-10-11-19(15-17)25(18)13-12-16-6-2-1-3-7-16/h1-9,17-19H,10-15H2,(H,24,26). The van der Waals surface area contributed by atoms with Crippen molar-refractivity contribution in [1.82, 2.24) is 10.2 Å². The van der Waals surface area contributed by atoms with Gasteiger partial charge >= 0.3 is 0 Å². The van der Waals surface area contributed by atoms with E-state index in [0.29, 0.717) is 22.7 Å². The van der Waals surface area contributed by atoms with Gasteiger partial charge in [-0.3, -0.25) is 9.69 Å². The summed E-state index contributed by atoms with van der Waals surface area (Å²) < 4.78 is 0. The van der Waals surface area contributed by atoms with E-state index in [-0.39, 0.29) is 11.9 Å². The summed E-state index contributed by atoms with van der Waals surface area (Å²) in [5.41, 5.74) is 1.98. The fourth-order valence-electron chi connectivity index (χ4n) is 4.57. The minimum atomic E-state index is -0.0438. The Morgan fingerprint density at radius 2 is 1.65 bits per heavy atom. The summed E-state index contributed by atoms with van der Waals surface area (Å²) in [4.78, 5) is 15.2. The second kappa shape index (κ2) is 7.81. The second-order valence-electron chi connectivity index (χ2n) is 7.48. The fourth-order valence-corrected chi connectivity index (χ4v) is 4.79. The summed E-state index contributed by atoms with van der Waals surface area (Å²) in [5, 5.41) is 3.74. The van der Waals surface area contributed by atoms with Gasteiger partial charge in [-0.05, 0) is 49.8 Å². The maximum absolute atomic E-state index is 12.6. The number of rotatable bonds is 5. The van der Waals surface area contributed by atoms with Gasteiger partial charge < -0.3 is 5.32 Å². The van der Waals surface area contributed by atoms with Crippen LogP contribution in [0.1, 0.15) is 41.6 Å². The van der Waals surface area contributed by atoms with Crippen molar-refractivity contribution in [1.29, 1.82) is 0 Å². The third-order valence-corrected chi connectivity index (χ3v) is 6.17. The number of benzene rings is 2. The molecule has 0 aromatic heterocycles. The molecule has 4 heteroatoms. The molecular formula is C22H25ClN2O. The predicted molar refractivity (Wildman–Crippen MR) is 106 cm³/mol. The van der Waals surface area contributed by atoms with Crippen molar-refractivity contribution >= 4 is 17.5 Å². The summed E-state index contributed by atoms with van der Waals surface area (Å²) >= 11 is 6.16. The average Bonchev–Trinajstić information content (AvgIpc) is 2.89. The van der Waals surface area contributed by atoms with Crippen LogP contribution >= 0.6 is 11.6 Å². The lowest BCUT2D eigenvalue weighted by Gasteiger charge is -2.39. The predicted octanol–water partition coefficient (Wildman–Crippen LogP) is 4.31. The van der Waals surface area contributed by atoms with E-state index in [0.717, 1.165) is 25.8 Å². The number of carbonyl (C=O) groups excluding carboxylic acids is 1. The first-order valence-corrected chi connectivity index (χ1v) is 9.93. The summed E-state index contributed by atoms with van der Waals surface area (Å²) in [5.74, 6) is -0.0438. The van der Waals surface area contributed by atoms with Crippen LogP contribution < -0.4 is 5.32 Å². The lowest BCUT2D eigenvalue weighted by atomic mass is 9.96. The van der Waals surface area contributed by atoms with E-state index >= 15 is 0 Å². The van der Waals surface area contributed by atoms with Gasteiger partial charge in [0.1, 0.15) is 0 Å². The molecular weight excluding hydrogens is 344 g/mol. The zero-order chi connectivity index (χ0) is 17.9. The van der Waals surface area contributed by atoms with Gasteiger partial charge in [0.15, 0.2) is 0 Å². The monoisotopic (exact) mass is 368 g/mol. The van der Waals surface area contributed by atoms with Gasteiger partial charge in [0.25, 0.3) is 5.91 Å². The number of fused-ring (bicyclic) bond motifs is 2. The molecule has 0 radical (unpaired) electrons. The number of hydrogen-bond donors (Lipinski definition) is 1. The van der Waals surface area contributed by atoms with Crippen molar-refractivity contribution in [2.24, 2.45) is 0 Å². The molecule has 1 N–H and O–H groups in total. The third kappa shape index (κ3) is 3.79. The van der Waals surface area contributed by atoms with Crippen LogP contribution in [0.25, 0.3) is 0 Å². The van der Waals surface area contributed by atoms with Crippen molar-refractivity contribution in [2.75, 3.05) is 6.54 Å². The molecule has 0 aliphatic carbocycles. The molecule has 136 valence electrons. The van der Waals surface area contributed by atoms with Gasteiger partial charge in [0.05, 0.1) is 10.6 Å². The molecule has 2 aromatic rings. The number of piperidine rings is 1. The van der Waals surface area contributed by atoms with Gasteiger partial charge in [-0.1, -0.05) is 54.1 Å². The normalized spacial score (nSPS) is 25.2. The Kier molecular flexibility index (Phi) is 5.28. The topological polar surface area (TPSA) is 32.3 Å². The molecule has 2 aliphatic heterocycles. The van der Waals surface area contributed by atoms with Gasteiger partial charge in [-0.25, -0.2) is 0 Å². The highest BCUT2D eigenvalue weighted by Gasteiger charge is 2.40. The van der Waals surface area contributed by atoms with Crippen molar-refractivity contribution in [3.8, 4) is 0 Å². The maximum Gasteiger partial charge on any atom is 0.253 e. The van der Waals surface area contributed by atoms with E-state index in [2.05, 4.69) is 40.5 Å². The molecule has 4 rings (SSSR count). The minimum absolute atomic E-state index is 0.0438. The van der Waals surface area contributed by atoms with E-state index in [1.165, 1.54) is 18.4 Å². The molecule has 2 aromatic carbocycles. The largest absolute Gasteiger partial charge is 0.349 e. The highest BCUT2D eigenvalue weighted by atomic mass is 35.5. The fraction of sp³-hybridized carbons (Fsp3) is 0.409. The SMILES string of the molecule is O=C(NC1CC2CCC(C1)N2CCc1ccccc1)c1ccccc1Cl.